The third kappa shape index (κ3) is 4.74. The number of nitrogens with two attached hydrogens (primary N) is 1. The first kappa shape index (κ1) is 16.3. The minimum absolute atomic E-state index is 0.0649. The van der Waals surface area contributed by atoms with E-state index in [4.69, 9.17) is 9.88 Å². The quantitative estimate of drug-likeness (QED) is 0.629. The maximum absolute atomic E-state index is 13.6. The zero-order valence-electron chi connectivity index (χ0n) is 11.0. The first-order valence-corrected chi connectivity index (χ1v) is 7.39. The van der Waals surface area contributed by atoms with Gasteiger partial charge in [0.15, 0.2) is 11.6 Å². The molecule has 0 aromatic heterocycles. The molecule has 0 saturated carbocycles. The van der Waals surface area contributed by atoms with Crippen LogP contribution < -0.4 is 9.88 Å². The molecule has 0 spiro atoms. The van der Waals surface area contributed by atoms with Crippen molar-refractivity contribution in [3.05, 3.63) is 33.6 Å². The highest BCUT2D eigenvalue weighted by Crippen LogP contribution is 2.27. The van der Waals surface area contributed by atoms with Gasteiger partial charge in [0.05, 0.1) is 23.3 Å². The second kappa shape index (κ2) is 6.14. The molecule has 0 radical (unpaired) electrons. The zero-order valence-corrected chi connectivity index (χ0v) is 11.8. The Balaban J connectivity index is 2.79. The molecule has 1 unspecified atom stereocenters. The van der Waals surface area contributed by atoms with Crippen LogP contribution in [0, 0.1) is 28.8 Å². The van der Waals surface area contributed by atoms with E-state index in [9.17, 15) is 22.9 Å². The van der Waals surface area contributed by atoms with Crippen LogP contribution in [0.3, 0.4) is 0 Å². The van der Waals surface area contributed by atoms with Gasteiger partial charge in [0, 0.05) is 11.5 Å². The summed E-state index contributed by atoms with van der Waals surface area (Å²) in [4.78, 5) is 9.94. The molecule has 0 aliphatic carbocycles. The van der Waals surface area contributed by atoms with Crippen LogP contribution >= 0.6 is 0 Å². The molecule has 20 heavy (non-hydrogen) atoms. The number of sulfonamides is 1. The van der Waals surface area contributed by atoms with Gasteiger partial charge in [-0.25, -0.2) is 17.9 Å². The summed E-state index contributed by atoms with van der Waals surface area (Å²) in [6.07, 6.45) is 0. The molecule has 0 saturated heterocycles. The Morgan fingerprint density at radius 1 is 1.50 bits per heavy atom. The summed E-state index contributed by atoms with van der Waals surface area (Å²) in [6, 6.07) is 1.98. The molecule has 0 fully saturated rings. The van der Waals surface area contributed by atoms with Gasteiger partial charge in [-0.3, -0.25) is 10.1 Å². The molecule has 0 aliphatic rings. The van der Waals surface area contributed by atoms with E-state index in [1.165, 1.54) is 13.0 Å². The van der Waals surface area contributed by atoms with Crippen molar-refractivity contribution in [2.24, 2.45) is 11.1 Å². The Bertz CT molecular complexity index is 617. The molecule has 0 bridgehead atoms. The van der Waals surface area contributed by atoms with Gasteiger partial charge in [-0.1, -0.05) is 6.92 Å². The SMILES string of the molecule is Cc1cc(OCC(C)CS(N)(=O)=O)c(F)cc1[N+](=O)[O-]. The van der Waals surface area contributed by atoms with E-state index in [0.717, 1.165) is 6.07 Å². The topological polar surface area (TPSA) is 113 Å². The molecule has 1 aromatic carbocycles. The molecule has 1 atom stereocenters. The number of halogens is 1. The van der Waals surface area contributed by atoms with E-state index < -0.39 is 26.7 Å². The highest BCUT2D eigenvalue weighted by atomic mass is 32.2. The normalized spacial score (nSPS) is 13.0. The molecule has 0 aliphatic heterocycles. The predicted molar refractivity (Wildman–Crippen MR) is 70.4 cm³/mol. The van der Waals surface area contributed by atoms with Crippen LogP contribution in [0.15, 0.2) is 12.1 Å². The highest BCUT2D eigenvalue weighted by Gasteiger charge is 2.18. The summed E-state index contributed by atoms with van der Waals surface area (Å²) in [5.74, 6) is -1.75. The Morgan fingerprint density at radius 3 is 2.60 bits per heavy atom. The smallest absolute Gasteiger partial charge is 0.275 e. The van der Waals surface area contributed by atoms with Crippen molar-refractivity contribution < 1.29 is 22.5 Å². The fourth-order valence-electron chi connectivity index (χ4n) is 1.63. The van der Waals surface area contributed by atoms with E-state index in [-0.39, 0.29) is 29.4 Å². The molecule has 0 heterocycles. The Hall–Kier alpha value is -1.74. The standard InChI is InChI=1S/C11H15FN2O5S/c1-7(6-20(13,17)18)5-19-11-3-8(2)10(14(15)16)4-9(11)12/h3-4,7H,5-6H2,1-2H3,(H2,13,17,18). The van der Waals surface area contributed by atoms with Crippen LogP contribution in [-0.4, -0.2) is 25.7 Å². The van der Waals surface area contributed by atoms with Crippen molar-refractivity contribution >= 4 is 15.7 Å². The van der Waals surface area contributed by atoms with Gasteiger partial charge in [-0.05, 0) is 13.0 Å². The third-order valence-electron chi connectivity index (χ3n) is 2.49. The molecule has 1 aromatic rings. The van der Waals surface area contributed by atoms with E-state index in [1.54, 1.807) is 6.92 Å². The molecule has 112 valence electrons. The van der Waals surface area contributed by atoms with E-state index in [2.05, 4.69) is 0 Å². The highest BCUT2D eigenvalue weighted by molar-refractivity contribution is 7.89. The number of rotatable bonds is 6. The maximum Gasteiger partial charge on any atom is 0.275 e. The summed E-state index contributed by atoms with van der Waals surface area (Å²) in [5, 5.41) is 15.5. The van der Waals surface area contributed by atoms with Crippen LogP contribution in [0.25, 0.3) is 0 Å². The van der Waals surface area contributed by atoms with E-state index >= 15 is 0 Å². The Labute approximate surface area is 115 Å². The molecule has 9 heteroatoms. The van der Waals surface area contributed by atoms with Gasteiger partial charge < -0.3 is 4.74 Å². The number of aryl methyl sites for hydroxylation is 1. The van der Waals surface area contributed by atoms with Crippen molar-refractivity contribution in [2.45, 2.75) is 13.8 Å². The second-order valence-corrected chi connectivity index (χ2v) is 6.23. The third-order valence-corrected chi connectivity index (χ3v) is 3.52. The first-order chi connectivity index (χ1) is 9.10. The number of benzene rings is 1. The minimum atomic E-state index is -3.63. The monoisotopic (exact) mass is 306 g/mol. The average molecular weight is 306 g/mol. The molecular formula is C11H15FN2O5S. The predicted octanol–water partition coefficient (Wildman–Crippen LogP) is 1.35. The van der Waals surface area contributed by atoms with Crippen LogP contribution in [0.5, 0.6) is 5.75 Å². The maximum atomic E-state index is 13.6. The lowest BCUT2D eigenvalue weighted by atomic mass is 10.2. The summed E-state index contributed by atoms with van der Waals surface area (Å²) in [6.45, 7) is 2.98. The van der Waals surface area contributed by atoms with Gasteiger partial charge in [0.25, 0.3) is 5.69 Å². The lowest BCUT2D eigenvalue weighted by Gasteiger charge is -2.13. The number of hydrogen-bond donors (Lipinski definition) is 1. The number of ether oxygens (including phenoxy) is 1. The molecule has 7 nitrogen and oxygen atoms in total. The van der Waals surface area contributed by atoms with Crippen molar-refractivity contribution in [1.82, 2.24) is 0 Å². The number of nitro benzene ring substituents is 1. The summed E-state index contributed by atoms with van der Waals surface area (Å²) in [5.41, 5.74) is -0.0852. The molecule has 1 rings (SSSR count). The van der Waals surface area contributed by atoms with Crippen LogP contribution in [0.4, 0.5) is 10.1 Å². The minimum Gasteiger partial charge on any atom is -0.490 e. The number of nitrogens with zero attached hydrogens (tertiary/aromatic N) is 1. The Morgan fingerprint density at radius 2 is 2.10 bits per heavy atom. The lowest BCUT2D eigenvalue weighted by molar-refractivity contribution is -0.385. The van der Waals surface area contributed by atoms with E-state index in [1.807, 2.05) is 0 Å². The number of nitro groups is 1. The summed E-state index contributed by atoms with van der Waals surface area (Å²) in [7, 11) is -3.63. The zero-order chi connectivity index (χ0) is 15.5. The van der Waals surface area contributed by atoms with Gasteiger partial charge in [0.2, 0.25) is 10.0 Å². The Kier molecular flexibility index (Phi) is 5.01. The number of hydrogen-bond acceptors (Lipinski definition) is 5. The molecular weight excluding hydrogens is 291 g/mol. The average Bonchev–Trinajstić information content (AvgIpc) is 2.27. The fraction of sp³-hybridized carbons (Fsp3) is 0.455. The molecule has 2 N–H and O–H groups in total. The van der Waals surface area contributed by atoms with Crippen LogP contribution in [0.1, 0.15) is 12.5 Å². The van der Waals surface area contributed by atoms with Gasteiger partial charge in [-0.2, -0.15) is 0 Å². The molecule has 0 amide bonds. The summed E-state index contributed by atoms with van der Waals surface area (Å²) >= 11 is 0. The van der Waals surface area contributed by atoms with Crippen molar-refractivity contribution in [2.75, 3.05) is 12.4 Å². The summed E-state index contributed by atoms with van der Waals surface area (Å²) < 4.78 is 40.5. The van der Waals surface area contributed by atoms with Crippen molar-refractivity contribution in [3.63, 3.8) is 0 Å². The fourth-order valence-corrected chi connectivity index (χ4v) is 2.52. The second-order valence-electron chi connectivity index (χ2n) is 4.57. The van der Waals surface area contributed by atoms with Crippen molar-refractivity contribution in [3.8, 4) is 5.75 Å². The number of primary sulfonamides is 1. The van der Waals surface area contributed by atoms with Gasteiger partial charge >= 0.3 is 0 Å². The lowest BCUT2D eigenvalue weighted by Crippen LogP contribution is -2.25. The van der Waals surface area contributed by atoms with Gasteiger partial charge in [-0.15, -0.1) is 0 Å². The van der Waals surface area contributed by atoms with E-state index in [0.29, 0.717) is 0 Å². The largest absolute Gasteiger partial charge is 0.490 e. The van der Waals surface area contributed by atoms with Crippen molar-refractivity contribution in [1.29, 1.82) is 0 Å². The van der Waals surface area contributed by atoms with Crippen LogP contribution in [0.2, 0.25) is 0 Å². The van der Waals surface area contributed by atoms with Gasteiger partial charge in [0.1, 0.15) is 0 Å². The first-order valence-electron chi connectivity index (χ1n) is 5.68. The van der Waals surface area contributed by atoms with Crippen LogP contribution in [-0.2, 0) is 10.0 Å².